The normalized spacial score (nSPS) is 11.2. The maximum Gasteiger partial charge on any atom is 0.283 e. The average molecular weight is 255 g/mol. The van der Waals surface area contributed by atoms with Crippen molar-refractivity contribution in [2.45, 2.75) is 20.1 Å². The summed E-state index contributed by atoms with van der Waals surface area (Å²) in [6, 6.07) is 0. The molecule has 92 valence electrons. The number of hydrogen-bond donors (Lipinski definition) is 0. The minimum Gasteiger partial charge on any atom is -0.345 e. The summed E-state index contributed by atoms with van der Waals surface area (Å²) in [4.78, 5) is 9.05. The van der Waals surface area contributed by atoms with Crippen molar-refractivity contribution in [3.05, 3.63) is 17.6 Å². The predicted octanol–water partition coefficient (Wildman–Crippen LogP) is 2.26. The molecule has 17 heavy (non-hydrogen) atoms. The van der Waals surface area contributed by atoms with Crippen molar-refractivity contribution in [1.29, 1.82) is 0 Å². The van der Waals surface area contributed by atoms with Crippen LogP contribution >= 0.6 is 11.3 Å². The molecular weight excluding hydrogens is 242 g/mol. The van der Waals surface area contributed by atoms with Crippen LogP contribution < -0.4 is 0 Å². The molecule has 2 heterocycles. The van der Waals surface area contributed by atoms with Gasteiger partial charge in [0.1, 0.15) is 0 Å². The zero-order valence-electron chi connectivity index (χ0n) is 9.62. The highest BCUT2D eigenvalue weighted by molar-refractivity contribution is 7.13. The fraction of sp³-hybridized carbons (Fsp3) is 0.500. The molecule has 0 aliphatic heterocycles. The first kappa shape index (κ1) is 12.2. The van der Waals surface area contributed by atoms with Gasteiger partial charge in [-0.3, -0.25) is 4.98 Å². The fourth-order valence-electron chi connectivity index (χ4n) is 1.25. The number of ether oxygens (including phenoxy) is 2. The van der Waals surface area contributed by atoms with Crippen LogP contribution in [0.1, 0.15) is 26.0 Å². The molecule has 2 rings (SSSR count). The maximum absolute atomic E-state index is 5.37. The lowest BCUT2D eigenvalue weighted by Crippen LogP contribution is -2.09. The molecule has 0 unspecified atom stereocenters. The molecule has 0 radical (unpaired) electrons. The van der Waals surface area contributed by atoms with E-state index in [1.807, 2.05) is 13.8 Å². The third-order valence-electron chi connectivity index (χ3n) is 1.93. The second-order valence-corrected chi connectivity index (χ2v) is 3.95. The van der Waals surface area contributed by atoms with Crippen molar-refractivity contribution in [3.63, 3.8) is 0 Å². The Balaban J connectivity index is 2.15. The van der Waals surface area contributed by atoms with E-state index in [2.05, 4.69) is 15.1 Å². The molecule has 0 spiro atoms. The van der Waals surface area contributed by atoms with Crippen LogP contribution in [0.3, 0.4) is 0 Å². The van der Waals surface area contributed by atoms with E-state index in [1.54, 1.807) is 11.7 Å². The zero-order chi connectivity index (χ0) is 12.1. The van der Waals surface area contributed by atoms with Crippen LogP contribution in [0, 0.1) is 0 Å². The largest absolute Gasteiger partial charge is 0.345 e. The lowest BCUT2D eigenvalue weighted by atomic mass is 10.5. The van der Waals surface area contributed by atoms with Gasteiger partial charge in [0.2, 0.25) is 12.1 Å². The van der Waals surface area contributed by atoms with Crippen molar-refractivity contribution in [1.82, 2.24) is 15.1 Å². The van der Waals surface area contributed by atoms with Gasteiger partial charge >= 0.3 is 0 Å². The van der Waals surface area contributed by atoms with Crippen LogP contribution in [-0.4, -0.2) is 28.3 Å². The SMILES string of the molecule is CCOC(OCC)c1nc(-c2cncs2)no1. The van der Waals surface area contributed by atoms with Gasteiger partial charge in [0, 0.05) is 19.4 Å². The second-order valence-electron chi connectivity index (χ2n) is 3.06. The minimum atomic E-state index is -0.598. The number of hydrogen-bond acceptors (Lipinski definition) is 7. The molecule has 0 saturated heterocycles. The molecule has 6 nitrogen and oxygen atoms in total. The van der Waals surface area contributed by atoms with Crippen molar-refractivity contribution in [3.8, 4) is 10.7 Å². The first-order valence-corrected chi connectivity index (χ1v) is 6.18. The number of nitrogens with zero attached hydrogens (tertiary/aromatic N) is 3. The smallest absolute Gasteiger partial charge is 0.283 e. The van der Waals surface area contributed by atoms with E-state index in [1.165, 1.54) is 11.3 Å². The lowest BCUT2D eigenvalue weighted by molar-refractivity contribution is -0.155. The molecule has 2 aromatic heterocycles. The predicted molar refractivity (Wildman–Crippen MR) is 61.4 cm³/mol. The van der Waals surface area contributed by atoms with Crippen LogP contribution in [0.15, 0.2) is 16.2 Å². The molecular formula is C10H13N3O3S. The Morgan fingerprint density at radius 2 is 2.12 bits per heavy atom. The first-order chi connectivity index (χ1) is 8.35. The summed E-state index contributed by atoms with van der Waals surface area (Å²) in [5.41, 5.74) is 1.72. The van der Waals surface area contributed by atoms with E-state index in [9.17, 15) is 0 Å². The van der Waals surface area contributed by atoms with Crippen LogP contribution in [0.5, 0.6) is 0 Å². The Bertz CT molecular complexity index is 437. The second kappa shape index (κ2) is 5.85. The number of rotatable bonds is 6. The van der Waals surface area contributed by atoms with Gasteiger partial charge in [-0.1, -0.05) is 5.16 Å². The van der Waals surface area contributed by atoms with Gasteiger partial charge in [0.15, 0.2) is 0 Å². The van der Waals surface area contributed by atoms with Gasteiger partial charge in [-0.25, -0.2) is 0 Å². The quantitative estimate of drug-likeness (QED) is 0.737. The molecule has 0 amide bonds. The summed E-state index contributed by atoms with van der Waals surface area (Å²) in [7, 11) is 0. The first-order valence-electron chi connectivity index (χ1n) is 5.30. The third kappa shape index (κ3) is 2.87. The summed E-state index contributed by atoms with van der Waals surface area (Å²) >= 11 is 1.45. The van der Waals surface area contributed by atoms with E-state index in [-0.39, 0.29) is 0 Å². The summed E-state index contributed by atoms with van der Waals surface area (Å²) in [5, 5.41) is 3.87. The lowest BCUT2D eigenvalue weighted by Gasteiger charge is -2.11. The van der Waals surface area contributed by atoms with E-state index in [0.29, 0.717) is 24.9 Å². The standard InChI is InChI=1S/C10H13N3O3S/c1-3-14-10(15-4-2)9-12-8(13-16-9)7-5-11-6-17-7/h5-6,10H,3-4H2,1-2H3. The van der Waals surface area contributed by atoms with Crippen molar-refractivity contribution < 1.29 is 14.0 Å². The zero-order valence-corrected chi connectivity index (χ0v) is 10.4. The van der Waals surface area contributed by atoms with Crippen molar-refractivity contribution in [2.75, 3.05) is 13.2 Å². The Morgan fingerprint density at radius 1 is 1.35 bits per heavy atom. The monoisotopic (exact) mass is 255 g/mol. The van der Waals surface area contributed by atoms with E-state index in [4.69, 9.17) is 14.0 Å². The summed E-state index contributed by atoms with van der Waals surface area (Å²) in [6.45, 7) is 4.80. The van der Waals surface area contributed by atoms with E-state index >= 15 is 0 Å². The third-order valence-corrected chi connectivity index (χ3v) is 2.70. The highest BCUT2D eigenvalue weighted by Gasteiger charge is 2.20. The molecule has 7 heteroatoms. The molecule has 0 N–H and O–H groups in total. The Kier molecular flexibility index (Phi) is 4.18. The Hall–Kier alpha value is -1.31. The van der Waals surface area contributed by atoms with E-state index < -0.39 is 6.29 Å². The Labute approximate surface area is 103 Å². The molecule has 0 aliphatic rings. The molecule has 0 aromatic carbocycles. The molecule has 0 atom stereocenters. The highest BCUT2D eigenvalue weighted by atomic mass is 32.1. The molecule has 0 aliphatic carbocycles. The Morgan fingerprint density at radius 3 is 2.71 bits per heavy atom. The fourth-order valence-corrected chi connectivity index (χ4v) is 1.80. The number of thiazole rings is 1. The van der Waals surface area contributed by atoms with Gasteiger partial charge in [-0.15, -0.1) is 11.3 Å². The van der Waals surface area contributed by atoms with Gasteiger partial charge in [-0.05, 0) is 13.8 Å². The minimum absolute atomic E-state index is 0.331. The summed E-state index contributed by atoms with van der Waals surface area (Å²) in [5.74, 6) is 0.837. The van der Waals surface area contributed by atoms with Gasteiger partial charge in [0.05, 0.1) is 10.4 Å². The van der Waals surface area contributed by atoms with Crippen LogP contribution in [0.2, 0.25) is 0 Å². The van der Waals surface area contributed by atoms with E-state index in [0.717, 1.165) is 4.88 Å². The molecule has 0 saturated carbocycles. The number of aromatic nitrogens is 3. The van der Waals surface area contributed by atoms with Crippen molar-refractivity contribution in [2.24, 2.45) is 0 Å². The van der Waals surface area contributed by atoms with Gasteiger partial charge in [0.25, 0.3) is 5.89 Å². The average Bonchev–Trinajstić information content (AvgIpc) is 2.99. The maximum atomic E-state index is 5.37. The molecule has 2 aromatic rings. The topological polar surface area (TPSA) is 70.3 Å². The van der Waals surface area contributed by atoms with Gasteiger partial charge < -0.3 is 14.0 Å². The summed E-state index contributed by atoms with van der Waals surface area (Å²) in [6.07, 6.45) is 1.09. The highest BCUT2D eigenvalue weighted by Crippen LogP contribution is 2.23. The van der Waals surface area contributed by atoms with Crippen molar-refractivity contribution >= 4 is 11.3 Å². The van der Waals surface area contributed by atoms with Crippen LogP contribution in [0.25, 0.3) is 10.7 Å². The summed E-state index contributed by atoms with van der Waals surface area (Å²) < 4.78 is 15.9. The molecule has 0 bridgehead atoms. The van der Waals surface area contributed by atoms with Crippen LogP contribution in [-0.2, 0) is 9.47 Å². The molecule has 0 fully saturated rings. The van der Waals surface area contributed by atoms with Crippen LogP contribution in [0.4, 0.5) is 0 Å². The van der Waals surface area contributed by atoms with Gasteiger partial charge in [-0.2, -0.15) is 4.98 Å².